The van der Waals surface area contributed by atoms with E-state index >= 15 is 0 Å². The van der Waals surface area contributed by atoms with Crippen molar-refractivity contribution in [3.05, 3.63) is 24.3 Å². The van der Waals surface area contributed by atoms with E-state index in [0.717, 1.165) is 64.2 Å². The Morgan fingerprint density at radius 2 is 0.977 bits per heavy atom. The second-order valence-electron chi connectivity index (χ2n) is 12.9. The summed E-state index contributed by atoms with van der Waals surface area (Å²) in [6.07, 6.45) is 38.8. The number of unbranched alkanes of at least 4 members (excludes halogenated alkanes) is 23. The molecule has 0 saturated carbocycles. The summed E-state index contributed by atoms with van der Waals surface area (Å²) >= 11 is 0. The number of nitrogens with one attached hydrogen (secondary N) is 1. The SMILES string of the molecule is CCCC/C=C\CCCCCCCC(=O)NC(CS(=O)(=O)O)C(O)/C=C/CCCCCCCCCCCCCCCCCC. The van der Waals surface area contributed by atoms with Crippen molar-refractivity contribution >= 4 is 16.0 Å². The van der Waals surface area contributed by atoms with E-state index in [2.05, 4.69) is 31.3 Å². The molecule has 3 N–H and O–H groups in total. The van der Waals surface area contributed by atoms with Crippen molar-refractivity contribution in [2.75, 3.05) is 5.75 Å². The number of carbonyl (C=O) groups is 1. The molecule has 0 aromatic rings. The van der Waals surface area contributed by atoms with Crippen LogP contribution >= 0.6 is 0 Å². The number of allylic oxidation sites excluding steroid dienone is 3. The molecule has 0 radical (unpaired) electrons. The molecule has 0 aromatic heterocycles. The van der Waals surface area contributed by atoms with Crippen LogP contribution < -0.4 is 5.32 Å². The second kappa shape index (κ2) is 31.8. The van der Waals surface area contributed by atoms with Crippen LogP contribution in [0.1, 0.15) is 187 Å². The lowest BCUT2D eigenvalue weighted by molar-refractivity contribution is -0.122. The Balaban J connectivity index is 3.95. The summed E-state index contributed by atoms with van der Waals surface area (Å²) in [5.74, 6) is -0.988. The van der Waals surface area contributed by atoms with E-state index in [1.807, 2.05) is 6.08 Å². The third-order valence-corrected chi connectivity index (χ3v) is 9.15. The van der Waals surface area contributed by atoms with Crippen LogP contribution in [0.5, 0.6) is 0 Å². The van der Waals surface area contributed by atoms with Gasteiger partial charge in [-0.1, -0.05) is 167 Å². The van der Waals surface area contributed by atoms with E-state index < -0.39 is 28.0 Å². The van der Waals surface area contributed by atoms with Gasteiger partial charge in [-0.2, -0.15) is 8.42 Å². The van der Waals surface area contributed by atoms with Gasteiger partial charge in [0, 0.05) is 6.42 Å². The minimum atomic E-state index is -4.34. The van der Waals surface area contributed by atoms with Gasteiger partial charge in [0.25, 0.3) is 10.1 Å². The van der Waals surface area contributed by atoms with Crippen LogP contribution in [0.25, 0.3) is 0 Å². The molecule has 0 fully saturated rings. The third-order valence-electron chi connectivity index (χ3n) is 8.37. The first-order valence-electron chi connectivity index (χ1n) is 18.5. The largest absolute Gasteiger partial charge is 0.387 e. The predicted octanol–water partition coefficient (Wildman–Crippen LogP) is 10.4. The molecular formula is C37H71NO5S. The summed E-state index contributed by atoms with van der Waals surface area (Å²) in [7, 11) is -4.34. The van der Waals surface area contributed by atoms with Crippen molar-refractivity contribution < 1.29 is 22.9 Å². The molecule has 260 valence electrons. The summed E-state index contributed by atoms with van der Waals surface area (Å²) in [5.41, 5.74) is 0. The Bertz CT molecular complexity index is 796. The van der Waals surface area contributed by atoms with Gasteiger partial charge in [-0.3, -0.25) is 9.35 Å². The molecule has 0 saturated heterocycles. The average molecular weight is 642 g/mol. The summed E-state index contributed by atoms with van der Waals surface area (Å²) in [4.78, 5) is 12.4. The highest BCUT2D eigenvalue weighted by Gasteiger charge is 2.24. The van der Waals surface area contributed by atoms with Crippen LogP contribution in [0.2, 0.25) is 0 Å². The highest BCUT2D eigenvalue weighted by atomic mass is 32.2. The monoisotopic (exact) mass is 642 g/mol. The van der Waals surface area contributed by atoms with Gasteiger partial charge in [0.05, 0.1) is 17.9 Å². The summed E-state index contributed by atoms with van der Waals surface area (Å²) in [5, 5.41) is 13.2. The zero-order valence-corrected chi connectivity index (χ0v) is 29.6. The molecule has 0 aliphatic heterocycles. The molecule has 2 atom stereocenters. The molecule has 0 rings (SSSR count). The Hall–Kier alpha value is -1.18. The van der Waals surface area contributed by atoms with Crippen molar-refractivity contribution in [3.63, 3.8) is 0 Å². The fraction of sp³-hybridized carbons (Fsp3) is 0.865. The number of aliphatic hydroxyl groups is 1. The van der Waals surface area contributed by atoms with Gasteiger partial charge in [-0.15, -0.1) is 0 Å². The average Bonchev–Trinajstić information content (AvgIpc) is 2.98. The molecule has 44 heavy (non-hydrogen) atoms. The quantitative estimate of drug-likeness (QED) is 0.0376. The lowest BCUT2D eigenvalue weighted by Crippen LogP contribution is -2.46. The van der Waals surface area contributed by atoms with Crippen LogP contribution in [-0.4, -0.2) is 41.9 Å². The van der Waals surface area contributed by atoms with Crippen molar-refractivity contribution in [1.29, 1.82) is 0 Å². The Labute approximate surface area is 273 Å². The van der Waals surface area contributed by atoms with Crippen LogP contribution in [0, 0.1) is 0 Å². The van der Waals surface area contributed by atoms with Gasteiger partial charge in [0.1, 0.15) is 0 Å². The molecule has 1 amide bonds. The van der Waals surface area contributed by atoms with Crippen LogP contribution in [0.15, 0.2) is 24.3 Å². The molecule has 2 unspecified atom stereocenters. The van der Waals surface area contributed by atoms with Gasteiger partial charge < -0.3 is 10.4 Å². The van der Waals surface area contributed by atoms with Gasteiger partial charge in [0.2, 0.25) is 5.91 Å². The molecule has 0 spiro atoms. The van der Waals surface area contributed by atoms with Gasteiger partial charge in [-0.05, 0) is 38.5 Å². The van der Waals surface area contributed by atoms with Crippen LogP contribution in [0.4, 0.5) is 0 Å². The standard InChI is InChI=1S/C37H71NO5S/c1-3-5-7-9-11-13-15-16-17-18-19-20-21-23-24-26-28-30-32-36(39)35(34-44(41,42)43)38-37(40)33-31-29-27-25-22-14-12-10-8-6-4-2/h10,12,30,32,35-36,39H,3-9,11,13-29,31,33-34H2,1-2H3,(H,38,40)(H,41,42,43)/b12-10-,32-30+. The minimum absolute atomic E-state index is 0.286. The number of amides is 1. The maximum absolute atomic E-state index is 12.4. The third kappa shape index (κ3) is 32.2. The minimum Gasteiger partial charge on any atom is -0.387 e. The molecule has 0 heterocycles. The predicted molar refractivity (Wildman–Crippen MR) is 189 cm³/mol. The number of aliphatic hydroxyl groups excluding tert-OH is 1. The summed E-state index contributed by atoms with van der Waals surface area (Å²) in [6, 6.07) is -1.06. The zero-order chi connectivity index (χ0) is 32.6. The second-order valence-corrected chi connectivity index (χ2v) is 14.4. The molecule has 0 aromatic carbocycles. The number of hydrogen-bond acceptors (Lipinski definition) is 4. The molecular weight excluding hydrogens is 570 g/mol. The fourth-order valence-corrected chi connectivity index (χ4v) is 6.28. The van der Waals surface area contributed by atoms with E-state index in [4.69, 9.17) is 0 Å². The molecule has 6 nitrogen and oxygen atoms in total. The van der Waals surface area contributed by atoms with E-state index in [0.29, 0.717) is 0 Å². The Morgan fingerprint density at radius 1 is 0.591 bits per heavy atom. The van der Waals surface area contributed by atoms with E-state index in [1.165, 1.54) is 103 Å². The Kier molecular flexibility index (Phi) is 30.9. The highest BCUT2D eigenvalue weighted by Crippen LogP contribution is 2.14. The van der Waals surface area contributed by atoms with Gasteiger partial charge in [0.15, 0.2) is 0 Å². The molecule has 0 aliphatic carbocycles. The molecule has 7 heteroatoms. The first-order valence-corrected chi connectivity index (χ1v) is 20.1. The fourth-order valence-electron chi connectivity index (χ4n) is 5.55. The highest BCUT2D eigenvalue weighted by molar-refractivity contribution is 7.85. The van der Waals surface area contributed by atoms with Gasteiger partial charge >= 0.3 is 0 Å². The first-order chi connectivity index (χ1) is 21.3. The lowest BCUT2D eigenvalue weighted by Gasteiger charge is -2.21. The van der Waals surface area contributed by atoms with Crippen LogP contribution in [0.3, 0.4) is 0 Å². The van der Waals surface area contributed by atoms with Crippen LogP contribution in [-0.2, 0) is 14.9 Å². The van der Waals surface area contributed by atoms with Crippen molar-refractivity contribution in [2.45, 2.75) is 199 Å². The smallest absolute Gasteiger partial charge is 0.267 e. The maximum atomic E-state index is 12.4. The topological polar surface area (TPSA) is 104 Å². The normalized spacial score (nSPS) is 13.6. The lowest BCUT2D eigenvalue weighted by atomic mass is 10.0. The van der Waals surface area contributed by atoms with Crippen molar-refractivity contribution in [1.82, 2.24) is 5.32 Å². The number of rotatable bonds is 33. The van der Waals surface area contributed by atoms with Crippen molar-refractivity contribution in [3.8, 4) is 0 Å². The van der Waals surface area contributed by atoms with Gasteiger partial charge in [-0.25, -0.2) is 0 Å². The molecule has 0 bridgehead atoms. The number of carbonyl (C=O) groups excluding carboxylic acids is 1. The Morgan fingerprint density at radius 3 is 1.43 bits per heavy atom. The summed E-state index contributed by atoms with van der Waals surface area (Å²) < 4.78 is 32.3. The first kappa shape index (κ1) is 42.8. The number of hydrogen-bond donors (Lipinski definition) is 3. The van der Waals surface area contributed by atoms with E-state index in [-0.39, 0.29) is 12.3 Å². The van der Waals surface area contributed by atoms with E-state index in [1.54, 1.807) is 6.08 Å². The summed E-state index contributed by atoms with van der Waals surface area (Å²) in [6.45, 7) is 4.47. The zero-order valence-electron chi connectivity index (χ0n) is 28.8. The van der Waals surface area contributed by atoms with Crippen molar-refractivity contribution in [2.24, 2.45) is 0 Å². The van der Waals surface area contributed by atoms with E-state index in [9.17, 15) is 22.9 Å². The molecule has 0 aliphatic rings. The maximum Gasteiger partial charge on any atom is 0.267 e.